The molecule has 1 unspecified atom stereocenters. The van der Waals surface area contributed by atoms with E-state index in [2.05, 4.69) is 15.5 Å². The fraction of sp³-hybridized carbons (Fsp3) is 0.435. The van der Waals surface area contributed by atoms with E-state index in [0.717, 1.165) is 54.5 Å². The Morgan fingerprint density at radius 2 is 2.12 bits per heavy atom. The molecule has 1 aliphatic carbocycles. The molecule has 0 saturated heterocycles. The van der Waals surface area contributed by atoms with Crippen LogP contribution in [0.4, 0.5) is 13.2 Å². The summed E-state index contributed by atoms with van der Waals surface area (Å²) in [6, 6.07) is 7.11. The van der Waals surface area contributed by atoms with Gasteiger partial charge in [0.05, 0.1) is 11.6 Å². The second kappa shape index (κ2) is 9.17. The minimum Gasteiger partial charge on any atom is -0.348 e. The number of aromatic amines is 1. The van der Waals surface area contributed by atoms with Crippen molar-refractivity contribution in [3.05, 3.63) is 63.4 Å². The third kappa shape index (κ3) is 4.75. The summed E-state index contributed by atoms with van der Waals surface area (Å²) in [5.74, 6) is 0.570. The van der Waals surface area contributed by atoms with Crippen LogP contribution in [0.15, 0.2) is 30.3 Å². The molecular formula is C23H26F3N5OS. The van der Waals surface area contributed by atoms with Crippen molar-refractivity contribution < 1.29 is 18.0 Å². The van der Waals surface area contributed by atoms with Crippen LogP contribution in [0.1, 0.15) is 60.6 Å². The molecule has 176 valence electrons. The lowest BCUT2D eigenvalue weighted by Crippen LogP contribution is -2.33. The maximum absolute atomic E-state index is 13.2. The van der Waals surface area contributed by atoms with E-state index in [0.29, 0.717) is 16.9 Å². The van der Waals surface area contributed by atoms with Gasteiger partial charge in [0.1, 0.15) is 12.4 Å². The monoisotopic (exact) mass is 477 g/mol. The number of amides is 1. The Labute approximate surface area is 194 Å². The van der Waals surface area contributed by atoms with E-state index in [-0.39, 0.29) is 18.5 Å². The van der Waals surface area contributed by atoms with Gasteiger partial charge in [0.25, 0.3) is 0 Å². The number of fused-ring (bicyclic) bond motifs is 1. The molecule has 1 aromatic carbocycles. The molecule has 10 heteroatoms. The number of hydrogen-bond acceptors (Lipinski definition) is 3. The van der Waals surface area contributed by atoms with Gasteiger partial charge >= 0.3 is 6.18 Å². The molecule has 0 saturated carbocycles. The van der Waals surface area contributed by atoms with Crippen LogP contribution in [0.3, 0.4) is 0 Å². The molecule has 33 heavy (non-hydrogen) atoms. The lowest BCUT2D eigenvalue weighted by molar-refractivity contribution is -0.137. The van der Waals surface area contributed by atoms with Gasteiger partial charge in [-0.05, 0) is 74.7 Å². The standard InChI is InChI=1S/C23H26F3N5OS/c1-3-6-20-28-29-22(33)30(20)13-21(32)27-18-9-5-10-19-17(18)11-14(2)31(19)16-8-4-7-15(12-16)23(24,25)26/h4,7-8,11-12,18H,3,5-6,9-10,13H2,1-2H3,(H,27,32)(H,29,33). The number of rotatable bonds is 6. The van der Waals surface area contributed by atoms with E-state index in [1.165, 1.54) is 12.1 Å². The first-order valence-electron chi connectivity index (χ1n) is 11.0. The largest absolute Gasteiger partial charge is 0.416 e. The summed E-state index contributed by atoms with van der Waals surface area (Å²) in [7, 11) is 0. The Kier molecular flexibility index (Phi) is 6.47. The summed E-state index contributed by atoms with van der Waals surface area (Å²) in [5, 5.41) is 10.0. The van der Waals surface area contributed by atoms with Crippen LogP contribution in [0.2, 0.25) is 0 Å². The van der Waals surface area contributed by atoms with Gasteiger partial charge in [-0.2, -0.15) is 18.3 Å². The fourth-order valence-corrected chi connectivity index (χ4v) is 4.76. The van der Waals surface area contributed by atoms with Crippen molar-refractivity contribution >= 4 is 18.1 Å². The summed E-state index contributed by atoms with van der Waals surface area (Å²) in [5.41, 5.74) is 2.53. The summed E-state index contributed by atoms with van der Waals surface area (Å²) in [6.07, 6.45) is -0.476. The topological polar surface area (TPSA) is 67.6 Å². The zero-order chi connectivity index (χ0) is 23.8. The Balaban J connectivity index is 1.59. The van der Waals surface area contributed by atoms with E-state index in [1.807, 2.05) is 24.5 Å². The van der Waals surface area contributed by atoms with Gasteiger partial charge in [-0.15, -0.1) is 0 Å². The predicted molar refractivity (Wildman–Crippen MR) is 121 cm³/mol. The highest BCUT2D eigenvalue weighted by atomic mass is 32.1. The van der Waals surface area contributed by atoms with Gasteiger partial charge < -0.3 is 9.88 Å². The highest BCUT2D eigenvalue weighted by molar-refractivity contribution is 7.71. The van der Waals surface area contributed by atoms with Gasteiger partial charge in [-0.25, -0.2) is 0 Å². The van der Waals surface area contributed by atoms with Gasteiger partial charge in [0.15, 0.2) is 4.77 Å². The van der Waals surface area contributed by atoms with Crippen LogP contribution in [-0.4, -0.2) is 25.2 Å². The lowest BCUT2D eigenvalue weighted by Gasteiger charge is -2.25. The SMILES string of the molecule is CCCc1n[nH]c(=S)n1CC(=O)NC1CCCc2c1cc(C)n2-c1cccc(C(F)(F)F)c1. The molecule has 2 aromatic heterocycles. The summed E-state index contributed by atoms with van der Waals surface area (Å²) in [4.78, 5) is 12.9. The Bertz CT molecular complexity index is 1220. The Morgan fingerprint density at radius 3 is 2.85 bits per heavy atom. The maximum atomic E-state index is 13.2. The lowest BCUT2D eigenvalue weighted by atomic mass is 9.92. The first-order chi connectivity index (χ1) is 15.7. The second-order valence-corrected chi connectivity index (χ2v) is 8.75. The van der Waals surface area contributed by atoms with Gasteiger partial charge in [0.2, 0.25) is 5.91 Å². The molecule has 1 amide bonds. The average molecular weight is 478 g/mol. The third-order valence-electron chi connectivity index (χ3n) is 5.98. The quantitative estimate of drug-likeness (QED) is 0.479. The molecule has 4 rings (SSSR count). The number of halogens is 3. The van der Waals surface area contributed by atoms with Crippen LogP contribution in [0.5, 0.6) is 0 Å². The molecule has 0 bridgehead atoms. The summed E-state index contributed by atoms with van der Waals surface area (Å²) < 4.78 is 43.7. The highest BCUT2D eigenvalue weighted by Crippen LogP contribution is 2.36. The van der Waals surface area contributed by atoms with Crippen molar-refractivity contribution in [2.75, 3.05) is 0 Å². The molecule has 3 aromatic rings. The molecule has 6 nitrogen and oxygen atoms in total. The van der Waals surface area contributed by atoms with Crippen LogP contribution in [0, 0.1) is 11.7 Å². The Hall–Kier alpha value is -2.88. The number of H-pyrrole nitrogens is 1. The number of aromatic nitrogens is 4. The van der Waals surface area contributed by atoms with Gasteiger partial charge in [-0.3, -0.25) is 14.5 Å². The van der Waals surface area contributed by atoms with E-state index in [9.17, 15) is 18.0 Å². The van der Waals surface area contributed by atoms with Crippen molar-refractivity contribution in [3.8, 4) is 5.69 Å². The smallest absolute Gasteiger partial charge is 0.348 e. The van der Waals surface area contributed by atoms with Crippen LogP contribution < -0.4 is 5.32 Å². The Morgan fingerprint density at radius 1 is 1.33 bits per heavy atom. The van der Waals surface area contributed by atoms with Crippen LogP contribution in [-0.2, 0) is 30.4 Å². The number of nitrogens with one attached hydrogen (secondary N) is 2. The molecule has 0 radical (unpaired) electrons. The van der Waals surface area contributed by atoms with E-state index < -0.39 is 11.7 Å². The number of nitrogens with zero attached hydrogens (tertiary/aromatic N) is 3. The summed E-state index contributed by atoms with van der Waals surface area (Å²) in [6.45, 7) is 3.98. The van der Waals surface area contributed by atoms with Gasteiger partial charge in [0, 0.05) is 23.5 Å². The number of carbonyl (C=O) groups is 1. The van der Waals surface area contributed by atoms with Crippen molar-refractivity contribution in [1.82, 2.24) is 24.6 Å². The number of carbonyl (C=O) groups excluding carboxylic acids is 1. The molecular weight excluding hydrogens is 451 g/mol. The number of benzene rings is 1. The highest BCUT2D eigenvalue weighted by Gasteiger charge is 2.31. The number of hydrogen-bond donors (Lipinski definition) is 2. The molecule has 0 fully saturated rings. The average Bonchev–Trinajstić information content (AvgIpc) is 3.28. The molecule has 1 aliphatic rings. The minimum atomic E-state index is -4.40. The second-order valence-electron chi connectivity index (χ2n) is 8.36. The zero-order valence-corrected chi connectivity index (χ0v) is 19.3. The summed E-state index contributed by atoms with van der Waals surface area (Å²) >= 11 is 5.27. The third-order valence-corrected chi connectivity index (χ3v) is 6.29. The normalized spacial score (nSPS) is 16.0. The molecule has 0 spiro atoms. The number of alkyl halides is 3. The first-order valence-corrected chi connectivity index (χ1v) is 11.4. The minimum absolute atomic E-state index is 0.0732. The van der Waals surface area contributed by atoms with Crippen molar-refractivity contribution in [2.24, 2.45) is 0 Å². The molecule has 2 N–H and O–H groups in total. The van der Waals surface area contributed by atoms with Crippen LogP contribution in [0.25, 0.3) is 5.69 Å². The van der Waals surface area contributed by atoms with Crippen molar-refractivity contribution in [2.45, 2.75) is 64.7 Å². The van der Waals surface area contributed by atoms with E-state index in [1.54, 1.807) is 10.6 Å². The molecule has 1 atom stereocenters. The van der Waals surface area contributed by atoms with E-state index >= 15 is 0 Å². The van der Waals surface area contributed by atoms with Gasteiger partial charge in [-0.1, -0.05) is 13.0 Å². The molecule has 2 heterocycles. The maximum Gasteiger partial charge on any atom is 0.416 e. The number of aryl methyl sites for hydroxylation is 2. The zero-order valence-electron chi connectivity index (χ0n) is 18.5. The molecule has 0 aliphatic heterocycles. The van der Waals surface area contributed by atoms with E-state index in [4.69, 9.17) is 12.2 Å². The fourth-order valence-electron chi connectivity index (χ4n) is 4.54. The van der Waals surface area contributed by atoms with Crippen LogP contribution >= 0.6 is 12.2 Å². The predicted octanol–water partition coefficient (Wildman–Crippen LogP) is 5.20. The van der Waals surface area contributed by atoms with Crippen molar-refractivity contribution in [3.63, 3.8) is 0 Å². The van der Waals surface area contributed by atoms with Crippen molar-refractivity contribution in [1.29, 1.82) is 0 Å². The first kappa shape index (κ1) is 23.3.